The second kappa shape index (κ2) is 9.77. The lowest BCUT2D eigenvalue weighted by Crippen LogP contribution is -2.47. The summed E-state index contributed by atoms with van der Waals surface area (Å²) in [6.07, 6.45) is -1.06. The Bertz CT molecular complexity index is 597. The van der Waals surface area contributed by atoms with Crippen molar-refractivity contribution in [2.24, 2.45) is 5.92 Å². The molecular weight excluding hydrogens is 363 g/mol. The van der Waals surface area contributed by atoms with Gasteiger partial charge in [-0.2, -0.15) is 13.2 Å². The van der Waals surface area contributed by atoms with Crippen molar-refractivity contribution in [3.63, 3.8) is 0 Å². The summed E-state index contributed by atoms with van der Waals surface area (Å²) in [5.74, 6) is -0.381. The highest BCUT2D eigenvalue weighted by Gasteiger charge is 2.34. The molecular formula is C18H26F3N3O3. The molecule has 0 saturated carbocycles. The molecule has 0 spiro atoms. The van der Waals surface area contributed by atoms with E-state index in [1.807, 2.05) is 6.92 Å². The normalized spacial score (nSPS) is 16.3. The van der Waals surface area contributed by atoms with Gasteiger partial charge in [0, 0.05) is 12.5 Å². The molecule has 1 aliphatic heterocycles. The Kier molecular flexibility index (Phi) is 7.70. The Balaban J connectivity index is 1.86. The summed E-state index contributed by atoms with van der Waals surface area (Å²) in [7, 11) is 0. The second-order valence-electron chi connectivity index (χ2n) is 6.79. The number of halogens is 3. The van der Waals surface area contributed by atoms with Gasteiger partial charge >= 0.3 is 6.18 Å². The summed E-state index contributed by atoms with van der Waals surface area (Å²) >= 11 is 0. The van der Waals surface area contributed by atoms with E-state index in [1.54, 1.807) is 11.0 Å². The molecule has 2 heterocycles. The minimum Gasteiger partial charge on any atom is -0.467 e. The number of carbonyl (C=O) groups excluding carboxylic acids is 2. The summed E-state index contributed by atoms with van der Waals surface area (Å²) in [5, 5.41) is 2.86. The fraction of sp³-hybridized carbons (Fsp3) is 0.667. The highest BCUT2D eigenvalue weighted by molar-refractivity contribution is 5.79. The minimum absolute atomic E-state index is 0.0133. The minimum atomic E-state index is -4.48. The van der Waals surface area contributed by atoms with E-state index >= 15 is 0 Å². The first kappa shape index (κ1) is 21.3. The predicted molar refractivity (Wildman–Crippen MR) is 92.6 cm³/mol. The van der Waals surface area contributed by atoms with E-state index in [1.165, 1.54) is 12.3 Å². The van der Waals surface area contributed by atoms with Crippen LogP contribution >= 0.6 is 0 Å². The van der Waals surface area contributed by atoms with Gasteiger partial charge in [-0.25, -0.2) is 0 Å². The number of alkyl halides is 3. The number of hydrogen-bond donors (Lipinski definition) is 1. The van der Waals surface area contributed by atoms with E-state index in [9.17, 15) is 22.8 Å². The number of rotatable bonds is 8. The van der Waals surface area contributed by atoms with Gasteiger partial charge < -0.3 is 14.6 Å². The molecule has 152 valence electrons. The Morgan fingerprint density at radius 3 is 2.59 bits per heavy atom. The number of nitrogens with zero attached hydrogens (tertiary/aromatic N) is 2. The zero-order chi connectivity index (χ0) is 19.9. The van der Waals surface area contributed by atoms with Crippen molar-refractivity contribution in [1.29, 1.82) is 0 Å². The van der Waals surface area contributed by atoms with Crippen LogP contribution < -0.4 is 5.32 Å². The molecule has 0 atom stereocenters. The SMILES string of the molecule is CCCNC(=O)C1CCN(CC(=O)N(Cc2ccco2)CC(F)(F)F)CC1. The monoisotopic (exact) mass is 389 g/mol. The maximum absolute atomic E-state index is 12.8. The number of amides is 2. The van der Waals surface area contributed by atoms with Crippen molar-refractivity contribution in [3.8, 4) is 0 Å². The smallest absolute Gasteiger partial charge is 0.406 e. The molecule has 27 heavy (non-hydrogen) atoms. The van der Waals surface area contributed by atoms with Gasteiger partial charge in [-0.1, -0.05) is 6.92 Å². The Morgan fingerprint density at radius 2 is 2.04 bits per heavy atom. The average molecular weight is 389 g/mol. The zero-order valence-electron chi connectivity index (χ0n) is 15.4. The van der Waals surface area contributed by atoms with Crippen LogP contribution in [-0.2, 0) is 16.1 Å². The van der Waals surface area contributed by atoms with Crippen LogP contribution in [0.25, 0.3) is 0 Å². The van der Waals surface area contributed by atoms with Crippen molar-refractivity contribution in [2.45, 2.75) is 38.9 Å². The second-order valence-corrected chi connectivity index (χ2v) is 6.79. The number of piperidine rings is 1. The fourth-order valence-corrected chi connectivity index (χ4v) is 3.08. The molecule has 0 bridgehead atoms. The first-order chi connectivity index (χ1) is 12.8. The van der Waals surface area contributed by atoms with Crippen LogP contribution in [0.5, 0.6) is 0 Å². The molecule has 0 unspecified atom stereocenters. The van der Waals surface area contributed by atoms with E-state index in [0.29, 0.717) is 38.2 Å². The van der Waals surface area contributed by atoms with Crippen molar-refractivity contribution in [2.75, 3.05) is 32.7 Å². The molecule has 1 fully saturated rings. The summed E-state index contributed by atoms with van der Waals surface area (Å²) in [6, 6.07) is 3.11. The standard InChI is InChI=1S/C18H26F3N3O3/c1-2-7-22-17(26)14-5-8-23(9-6-14)12-16(25)24(13-18(19,20)21)11-15-4-3-10-27-15/h3-4,10,14H,2,5-9,11-13H2,1H3,(H,22,26). The summed E-state index contributed by atoms with van der Waals surface area (Å²) < 4.78 is 43.6. The first-order valence-electron chi connectivity index (χ1n) is 9.15. The van der Waals surface area contributed by atoms with Crippen LogP contribution in [0.1, 0.15) is 31.9 Å². The molecule has 9 heteroatoms. The molecule has 6 nitrogen and oxygen atoms in total. The maximum Gasteiger partial charge on any atom is 0.406 e. The van der Waals surface area contributed by atoms with Gasteiger partial charge in [0.25, 0.3) is 0 Å². The van der Waals surface area contributed by atoms with Crippen LogP contribution in [0.4, 0.5) is 13.2 Å². The lowest BCUT2D eigenvalue weighted by molar-refractivity contribution is -0.163. The Morgan fingerprint density at radius 1 is 1.33 bits per heavy atom. The topological polar surface area (TPSA) is 65.8 Å². The Hall–Kier alpha value is -2.03. The van der Waals surface area contributed by atoms with Crippen molar-refractivity contribution >= 4 is 11.8 Å². The zero-order valence-corrected chi connectivity index (χ0v) is 15.4. The number of nitrogens with one attached hydrogen (secondary N) is 1. The highest BCUT2D eigenvalue weighted by Crippen LogP contribution is 2.20. The van der Waals surface area contributed by atoms with E-state index in [4.69, 9.17) is 4.42 Å². The third-order valence-electron chi connectivity index (χ3n) is 4.52. The summed E-state index contributed by atoms with van der Waals surface area (Å²) in [4.78, 5) is 27.0. The molecule has 1 aliphatic rings. The number of furan rings is 1. The van der Waals surface area contributed by atoms with Crippen LogP contribution in [-0.4, -0.2) is 60.5 Å². The molecule has 1 aromatic rings. The van der Waals surface area contributed by atoms with Gasteiger partial charge in [-0.05, 0) is 44.5 Å². The molecule has 1 N–H and O–H groups in total. The maximum atomic E-state index is 12.8. The van der Waals surface area contributed by atoms with Gasteiger partial charge in [0.2, 0.25) is 11.8 Å². The van der Waals surface area contributed by atoms with E-state index in [2.05, 4.69) is 5.32 Å². The molecule has 0 radical (unpaired) electrons. The van der Waals surface area contributed by atoms with Crippen molar-refractivity contribution < 1.29 is 27.2 Å². The predicted octanol–water partition coefficient (Wildman–Crippen LogP) is 2.41. The third kappa shape index (κ3) is 7.24. The van der Waals surface area contributed by atoms with E-state index in [-0.39, 0.29) is 24.9 Å². The highest BCUT2D eigenvalue weighted by atomic mass is 19.4. The number of carbonyl (C=O) groups is 2. The van der Waals surface area contributed by atoms with E-state index < -0.39 is 18.6 Å². The quantitative estimate of drug-likeness (QED) is 0.742. The lowest BCUT2D eigenvalue weighted by Gasteiger charge is -2.32. The van der Waals surface area contributed by atoms with Gasteiger partial charge in [0.05, 0.1) is 19.4 Å². The molecule has 1 aromatic heterocycles. The summed E-state index contributed by atoms with van der Waals surface area (Å²) in [5.41, 5.74) is 0. The number of likely N-dealkylation sites (tertiary alicyclic amines) is 1. The third-order valence-corrected chi connectivity index (χ3v) is 4.52. The lowest BCUT2D eigenvalue weighted by atomic mass is 9.96. The molecule has 0 aliphatic carbocycles. The van der Waals surface area contributed by atoms with Crippen LogP contribution in [0.3, 0.4) is 0 Å². The van der Waals surface area contributed by atoms with Crippen LogP contribution in [0, 0.1) is 5.92 Å². The first-order valence-corrected chi connectivity index (χ1v) is 9.15. The largest absolute Gasteiger partial charge is 0.467 e. The van der Waals surface area contributed by atoms with Crippen LogP contribution in [0.2, 0.25) is 0 Å². The van der Waals surface area contributed by atoms with Gasteiger partial charge in [-0.15, -0.1) is 0 Å². The van der Waals surface area contributed by atoms with Crippen molar-refractivity contribution in [1.82, 2.24) is 15.1 Å². The van der Waals surface area contributed by atoms with Crippen LogP contribution in [0.15, 0.2) is 22.8 Å². The number of hydrogen-bond acceptors (Lipinski definition) is 4. The van der Waals surface area contributed by atoms with E-state index in [0.717, 1.165) is 11.3 Å². The summed E-state index contributed by atoms with van der Waals surface area (Å²) in [6.45, 7) is 2.00. The molecule has 2 amide bonds. The van der Waals surface area contributed by atoms with Gasteiger partial charge in [0.15, 0.2) is 0 Å². The van der Waals surface area contributed by atoms with Crippen molar-refractivity contribution in [3.05, 3.63) is 24.2 Å². The van der Waals surface area contributed by atoms with Gasteiger partial charge in [0.1, 0.15) is 12.3 Å². The molecule has 0 aromatic carbocycles. The molecule has 2 rings (SSSR count). The fourth-order valence-electron chi connectivity index (χ4n) is 3.08. The van der Waals surface area contributed by atoms with Gasteiger partial charge in [-0.3, -0.25) is 14.5 Å². The molecule has 1 saturated heterocycles. The average Bonchev–Trinajstić information content (AvgIpc) is 3.11. The Labute approximate surface area is 156 Å².